The van der Waals surface area contributed by atoms with Gasteiger partial charge in [0, 0.05) is 37.2 Å². The highest BCUT2D eigenvalue weighted by Gasteiger charge is 2.19. The minimum Gasteiger partial charge on any atom is -0.492 e. The second-order valence-electron chi connectivity index (χ2n) is 7.50. The number of hydrogen-bond acceptors (Lipinski definition) is 3. The van der Waals surface area contributed by atoms with Gasteiger partial charge in [-0.15, -0.1) is 0 Å². The smallest absolute Gasteiger partial charge is 0.138 e. The van der Waals surface area contributed by atoms with Crippen LogP contribution in [0.2, 0.25) is 5.02 Å². The number of piperazine rings is 1. The third-order valence-corrected chi connectivity index (χ3v) is 6.56. The van der Waals surface area contributed by atoms with E-state index in [2.05, 4.69) is 72.4 Å². The van der Waals surface area contributed by atoms with E-state index in [0.717, 1.165) is 49.4 Å². The van der Waals surface area contributed by atoms with Crippen LogP contribution >= 0.6 is 43.5 Å². The van der Waals surface area contributed by atoms with Gasteiger partial charge < -0.3 is 10.1 Å². The molecule has 1 saturated heterocycles. The lowest BCUT2D eigenvalue weighted by molar-refractivity contribution is 0.172. The normalized spacial score (nSPS) is 16.2. The first-order chi connectivity index (χ1) is 15.5. The predicted octanol–water partition coefficient (Wildman–Crippen LogP) is 6.93. The molecule has 4 rings (SSSR count). The summed E-state index contributed by atoms with van der Waals surface area (Å²) in [5.74, 6) is 0.590. The molecule has 0 radical (unpaired) electrons. The molecule has 1 aliphatic rings. The summed E-state index contributed by atoms with van der Waals surface area (Å²) < 4.78 is 19.8. The van der Waals surface area contributed by atoms with Crippen LogP contribution in [0.15, 0.2) is 81.7 Å². The van der Waals surface area contributed by atoms with E-state index in [1.54, 1.807) is 12.1 Å². The Morgan fingerprint density at radius 2 is 1.75 bits per heavy atom. The van der Waals surface area contributed by atoms with Crippen LogP contribution in [0, 0.1) is 5.82 Å². The van der Waals surface area contributed by atoms with Gasteiger partial charge in [-0.05, 0) is 74.2 Å². The second kappa shape index (κ2) is 13.3. The van der Waals surface area contributed by atoms with Crippen LogP contribution in [0.4, 0.5) is 4.39 Å². The van der Waals surface area contributed by atoms with Crippen LogP contribution in [0.25, 0.3) is 0 Å². The van der Waals surface area contributed by atoms with Crippen LogP contribution in [-0.2, 0) is 6.54 Å². The van der Waals surface area contributed by atoms with E-state index >= 15 is 0 Å². The highest BCUT2D eigenvalue weighted by Crippen LogP contribution is 2.24. The molecule has 1 heterocycles. The number of benzene rings is 3. The Hall–Kier alpha value is -1.44. The number of ether oxygens (including phenoxy) is 1. The van der Waals surface area contributed by atoms with Crippen LogP contribution in [-0.4, -0.2) is 37.2 Å². The largest absolute Gasteiger partial charge is 0.492 e. The first kappa shape index (κ1) is 25.2. The maximum Gasteiger partial charge on any atom is 0.138 e. The summed E-state index contributed by atoms with van der Waals surface area (Å²) in [6.07, 6.45) is 1.02. The fraction of sp³-hybridized carbons (Fsp3) is 0.280. The molecule has 1 aliphatic heterocycles. The molecule has 0 unspecified atom stereocenters. The summed E-state index contributed by atoms with van der Waals surface area (Å²) >= 11 is 12.0. The summed E-state index contributed by atoms with van der Waals surface area (Å²) in [5.41, 5.74) is 1.39. The van der Waals surface area contributed by atoms with Crippen molar-refractivity contribution in [1.29, 1.82) is 0 Å². The van der Waals surface area contributed by atoms with Gasteiger partial charge >= 0.3 is 0 Å². The second-order valence-corrected chi connectivity index (χ2v) is 9.64. The monoisotopic (exact) mass is 582 g/mol. The van der Waals surface area contributed by atoms with Crippen molar-refractivity contribution in [2.75, 3.05) is 26.2 Å². The summed E-state index contributed by atoms with van der Waals surface area (Å²) in [5, 5.41) is 4.02. The zero-order valence-corrected chi connectivity index (χ0v) is 21.5. The van der Waals surface area contributed by atoms with Crippen molar-refractivity contribution in [3.63, 3.8) is 0 Å². The van der Waals surface area contributed by atoms with Gasteiger partial charge in [-0.2, -0.15) is 0 Å². The number of hydrogen-bond donors (Lipinski definition) is 1. The van der Waals surface area contributed by atoms with E-state index in [4.69, 9.17) is 16.3 Å². The van der Waals surface area contributed by atoms with Gasteiger partial charge in [0.25, 0.3) is 0 Å². The first-order valence-corrected chi connectivity index (χ1v) is 12.4. The quantitative estimate of drug-likeness (QED) is 0.318. The Kier molecular flexibility index (Phi) is 10.5. The number of nitrogens with zero attached hydrogens (tertiary/aromatic N) is 1. The van der Waals surface area contributed by atoms with Gasteiger partial charge in [0.1, 0.15) is 11.6 Å². The van der Waals surface area contributed by atoms with Crippen molar-refractivity contribution in [3.8, 4) is 5.75 Å². The fourth-order valence-corrected chi connectivity index (χ4v) is 4.22. The van der Waals surface area contributed by atoms with Crippen LogP contribution in [0.1, 0.15) is 12.0 Å². The average molecular weight is 585 g/mol. The average Bonchev–Trinajstić information content (AvgIpc) is 2.79. The molecule has 1 N–H and O–H groups in total. The van der Waals surface area contributed by atoms with Crippen LogP contribution < -0.4 is 10.1 Å². The van der Waals surface area contributed by atoms with Crippen molar-refractivity contribution in [2.24, 2.45) is 0 Å². The fourth-order valence-electron chi connectivity index (χ4n) is 3.42. The zero-order chi connectivity index (χ0) is 22.8. The third-order valence-electron chi connectivity index (χ3n) is 5.03. The van der Waals surface area contributed by atoms with Gasteiger partial charge in [-0.25, -0.2) is 4.39 Å². The van der Waals surface area contributed by atoms with Crippen molar-refractivity contribution in [3.05, 3.63) is 98.1 Å². The van der Waals surface area contributed by atoms with Gasteiger partial charge in [0.05, 0.1) is 15.6 Å². The predicted molar refractivity (Wildman–Crippen MR) is 137 cm³/mol. The minimum absolute atomic E-state index is 0.331. The molecule has 0 amide bonds. The molecule has 0 aliphatic carbocycles. The Bertz CT molecular complexity index is 977. The molecule has 1 atom stereocenters. The maximum absolute atomic E-state index is 12.4. The lowest BCUT2D eigenvalue weighted by Gasteiger charge is -2.33. The minimum atomic E-state index is -0.331. The van der Waals surface area contributed by atoms with E-state index in [9.17, 15) is 4.39 Å². The molecule has 3 nitrogen and oxygen atoms in total. The first-order valence-electron chi connectivity index (χ1n) is 10.5. The van der Waals surface area contributed by atoms with E-state index in [0.29, 0.717) is 15.5 Å². The maximum atomic E-state index is 12.4. The molecule has 0 saturated carbocycles. The van der Waals surface area contributed by atoms with Crippen molar-refractivity contribution < 1.29 is 9.13 Å². The summed E-state index contributed by atoms with van der Waals surface area (Å²) in [6, 6.07) is 23.6. The Balaban J connectivity index is 0.000000269. The SMILES string of the molecule is Brc1ccccc1OCC[C@H]1CN(Cc2ccccc2)CCN1.Fc1cc(Cl)ccc1Br. The topological polar surface area (TPSA) is 24.5 Å². The lowest BCUT2D eigenvalue weighted by atomic mass is 10.1. The van der Waals surface area contributed by atoms with Crippen molar-refractivity contribution in [1.82, 2.24) is 10.2 Å². The molecule has 170 valence electrons. The summed E-state index contributed by atoms with van der Waals surface area (Å²) in [7, 11) is 0. The summed E-state index contributed by atoms with van der Waals surface area (Å²) in [6.45, 7) is 5.00. The lowest BCUT2D eigenvalue weighted by Crippen LogP contribution is -2.50. The zero-order valence-electron chi connectivity index (χ0n) is 17.6. The van der Waals surface area contributed by atoms with Crippen molar-refractivity contribution in [2.45, 2.75) is 19.0 Å². The number of rotatable bonds is 6. The van der Waals surface area contributed by atoms with Gasteiger partial charge in [-0.3, -0.25) is 4.90 Å². The van der Waals surface area contributed by atoms with Gasteiger partial charge in [-0.1, -0.05) is 54.1 Å². The molecule has 3 aromatic carbocycles. The molecular weight excluding hydrogens is 559 g/mol. The highest BCUT2D eigenvalue weighted by molar-refractivity contribution is 9.10. The molecule has 3 aromatic rings. The van der Waals surface area contributed by atoms with Gasteiger partial charge in [0.15, 0.2) is 0 Å². The molecule has 7 heteroatoms. The molecule has 0 bridgehead atoms. The number of para-hydroxylation sites is 1. The molecule has 1 fully saturated rings. The molecular formula is C25H26Br2ClFN2O. The standard InChI is InChI=1S/C19H23BrN2O.C6H3BrClF/c20-18-8-4-5-9-19(18)23-13-10-17-15-22(12-11-21-17)14-16-6-2-1-3-7-16;7-5-2-1-4(8)3-6(5)9/h1-9,17,21H,10-15H2;1-3H/t17-;/m0./s1. The van der Waals surface area contributed by atoms with E-state index < -0.39 is 0 Å². The van der Waals surface area contributed by atoms with E-state index in [1.807, 2.05) is 24.3 Å². The van der Waals surface area contributed by atoms with E-state index in [1.165, 1.54) is 11.6 Å². The Labute approximate surface area is 211 Å². The van der Waals surface area contributed by atoms with E-state index in [-0.39, 0.29) is 5.82 Å². The van der Waals surface area contributed by atoms with Crippen molar-refractivity contribution >= 4 is 43.5 Å². The Morgan fingerprint density at radius 1 is 1.00 bits per heavy atom. The number of halogens is 4. The third kappa shape index (κ3) is 8.49. The summed E-state index contributed by atoms with van der Waals surface area (Å²) in [4.78, 5) is 2.52. The number of nitrogens with one attached hydrogen (secondary N) is 1. The highest BCUT2D eigenvalue weighted by atomic mass is 79.9. The van der Waals surface area contributed by atoms with Crippen LogP contribution in [0.5, 0.6) is 5.75 Å². The molecule has 0 aromatic heterocycles. The van der Waals surface area contributed by atoms with Crippen LogP contribution in [0.3, 0.4) is 0 Å². The van der Waals surface area contributed by atoms with Gasteiger partial charge in [0.2, 0.25) is 0 Å². The Morgan fingerprint density at radius 3 is 2.47 bits per heavy atom. The molecule has 0 spiro atoms. The molecule has 32 heavy (non-hydrogen) atoms.